The summed E-state index contributed by atoms with van der Waals surface area (Å²) in [5.74, 6) is -1.18. The van der Waals surface area contributed by atoms with Crippen LogP contribution in [-0.2, 0) is 14.6 Å². The Morgan fingerprint density at radius 3 is 2.08 bits per heavy atom. The fraction of sp³-hybridized carbons (Fsp3) is 0. The second-order valence-corrected chi connectivity index (χ2v) is 1.74. The first kappa shape index (κ1) is 10.8. The molecule has 0 unspecified atom stereocenters. The van der Waals surface area contributed by atoms with Crippen LogP contribution in [-0.4, -0.2) is 18.1 Å². The summed E-state index contributed by atoms with van der Waals surface area (Å²) in [6.45, 7) is 3.05. The van der Waals surface area contributed by atoms with Gasteiger partial charge >= 0.3 is 18.1 Å². The van der Waals surface area contributed by atoms with Crippen LogP contribution in [0, 0.1) is 0 Å². The van der Waals surface area contributed by atoms with E-state index in [1.165, 1.54) is 0 Å². The maximum atomic E-state index is 10.7. The second kappa shape index (κ2) is 4.59. The van der Waals surface area contributed by atoms with Crippen molar-refractivity contribution in [2.45, 2.75) is 0 Å². The number of hydrogen-bond acceptors (Lipinski definition) is 5. The largest absolute Gasteiger partial charge is 0.447 e. The minimum Gasteiger partial charge on any atom is -0.351 e. The van der Waals surface area contributed by atoms with E-state index in [4.69, 9.17) is 0 Å². The quantitative estimate of drug-likeness (QED) is 0.282. The zero-order valence-corrected chi connectivity index (χ0v) is 6.40. The van der Waals surface area contributed by atoms with Gasteiger partial charge in [-0.2, -0.15) is 0 Å². The molecule has 0 rings (SSSR count). The second-order valence-electron chi connectivity index (χ2n) is 1.74. The van der Waals surface area contributed by atoms with Crippen LogP contribution in [0.4, 0.5) is 9.59 Å². The van der Waals surface area contributed by atoms with Gasteiger partial charge < -0.3 is 16.8 Å². The van der Waals surface area contributed by atoms with Gasteiger partial charge in [-0.15, -0.1) is 0 Å². The Morgan fingerprint density at radius 2 is 1.69 bits per heavy atom. The van der Waals surface area contributed by atoms with Gasteiger partial charge in [0.2, 0.25) is 0 Å². The number of urea groups is 1. The monoisotopic (exact) mass is 189 g/mol. The number of hydrogen-bond donors (Lipinski definition) is 3. The Hall–Kier alpha value is -2.25. The number of nitrogens with two attached hydrogens (primary N) is 2. The molecule has 0 aliphatic heterocycles. The van der Waals surface area contributed by atoms with Crippen LogP contribution in [0.25, 0.3) is 0 Å². The van der Waals surface area contributed by atoms with Gasteiger partial charge in [0.15, 0.2) is 0 Å². The van der Waals surface area contributed by atoms with Gasteiger partial charge in [-0.1, -0.05) is 6.58 Å². The lowest BCUT2D eigenvalue weighted by Gasteiger charge is -2.02. The van der Waals surface area contributed by atoms with E-state index in [2.05, 4.69) is 27.8 Å². The number of amides is 3. The van der Waals surface area contributed by atoms with Crippen LogP contribution in [0.2, 0.25) is 0 Å². The van der Waals surface area contributed by atoms with E-state index in [-0.39, 0.29) is 0 Å². The molecular weight excluding hydrogens is 182 g/mol. The minimum absolute atomic E-state index is 0.478. The molecule has 0 saturated carbocycles. The molecule has 0 saturated heterocycles. The van der Waals surface area contributed by atoms with Crippen molar-refractivity contribution in [2.24, 2.45) is 11.5 Å². The third-order valence-electron chi connectivity index (χ3n) is 0.720. The molecule has 0 aromatic carbocycles. The SMILES string of the molecule is C=C(NC(N)=O)C(=O)OOC(N)=O. The Bertz CT molecular complexity index is 261. The van der Waals surface area contributed by atoms with Gasteiger partial charge in [-0.3, -0.25) is 0 Å². The minimum atomic E-state index is -1.31. The Labute approximate surface area is 72.4 Å². The summed E-state index contributed by atoms with van der Waals surface area (Å²) in [4.78, 5) is 38.2. The van der Waals surface area contributed by atoms with Crippen LogP contribution in [0.15, 0.2) is 12.3 Å². The van der Waals surface area contributed by atoms with Crippen molar-refractivity contribution < 1.29 is 24.2 Å². The van der Waals surface area contributed by atoms with Crippen molar-refractivity contribution in [3.63, 3.8) is 0 Å². The van der Waals surface area contributed by atoms with E-state index in [1.54, 1.807) is 5.32 Å². The highest BCUT2D eigenvalue weighted by atomic mass is 17.2. The lowest BCUT2D eigenvalue weighted by molar-refractivity contribution is -0.226. The van der Waals surface area contributed by atoms with E-state index in [9.17, 15) is 14.4 Å². The molecule has 0 radical (unpaired) electrons. The first-order chi connectivity index (χ1) is 5.93. The van der Waals surface area contributed by atoms with Crippen LogP contribution >= 0.6 is 0 Å². The fourth-order valence-corrected chi connectivity index (χ4v) is 0.329. The van der Waals surface area contributed by atoms with Crippen molar-refractivity contribution in [2.75, 3.05) is 0 Å². The highest BCUT2D eigenvalue weighted by Crippen LogP contribution is 1.90. The van der Waals surface area contributed by atoms with Gasteiger partial charge in [0.05, 0.1) is 0 Å². The van der Waals surface area contributed by atoms with Crippen LogP contribution in [0.3, 0.4) is 0 Å². The third kappa shape index (κ3) is 5.07. The molecule has 13 heavy (non-hydrogen) atoms. The predicted octanol–water partition coefficient (Wildman–Crippen LogP) is -1.28. The van der Waals surface area contributed by atoms with Gasteiger partial charge in [0, 0.05) is 0 Å². The maximum absolute atomic E-state index is 10.7. The number of carbonyl (C=O) groups is 3. The number of carbonyl (C=O) groups excluding carboxylic acids is 3. The summed E-state index contributed by atoms with van der Waals surface area (Å²) in [7, 11) is 0. The van der Waals surface area contributed by atoms with Gasteiger partial charge in [-0.25, -0.2) is 24.2 Å². The van der Waals surface area contributed by atoms with E-state index in [1.807, 2.05) is 0 Å². The molecule has 0 aliphatic carbocycles. The lowest BCUT2D eigenvalue weighted by atomic mass is 10.5. The zero-order chi connectivity index (χ0) is 10.4. The van der Waals surface area contributed by atoms with Crippen LogP contribution in [0.5, 0.6) is 0 Å². The van der Waals surface area contributed by atoms with E-state index >= 15 is 0 Å². The standard InChI is InChI=1S/C5H7N3O5/c1-2(8-4(6)10)3(9)12-13-5(7)11/h1H2,(H2,7,11)(H3,6,8,10). The maximum Gasteiger partial charge on any atom is 0.447 e. The van der Waals surface area contributed by atoms with E-state index in [0.29, 0.717) is 0 Å². The molecule has 72 valence electrons. The molecule has 0 aliphatic rings. The molecule has 8 heteroatoms. The number of nitrogens with one attached hydrogen (secondary N) is 1. The number of rotatable bonds is 2. The van der Waals surface area contributed by atoms with Gasteiger partial charge in [0.1, 0.15) is 5.70 Å². The average Bonchev–Trinajstić information content (AvgIpc) is 1.98. The molecule has 0 heterocycles. The summed E-state index contributed by atoms with van der Waals surface area (Å²) in [5, 5.41) is 1.80. The Balaban J connectivity index is 3.90. The third-order valence-corrected chi connectivity index (χ3v) is 0.720. The van der Waals surface area contributed by atoms with Crippen LogP contribution in [0.1, 0.15) is 0 Å². The fourth-order valence-electron chi connectivity index (χ4n) is 0.329. The van der Waals surface area contributed by atoms with Gasteiger partial charge in [0.25, 0.3) is 0 Å². The zero-order valence-electron chi connectivity index (χ0n) is 6.40. The molecule has 0 aromatic heterocycles. The number of primary amides is 2. The van der Waals surface area contributed by atoms with Crippen molar-refractivity contribution in [3.05, 3.63) is 12.3 Å². The molecule has 0 atom stereocenters. The van der Waals surface area contributed by atoms with Gasteiger partial charge in [-0.05, 0) is 0 Å². The summed E-state index contributed by atoms with van der Waals surface area (Å²) < 4.78 is 0. The van der Waals surface area contributed by atoms with Crippen molar-refractivity contribution in [1.29, 1.82) is 0 Å². The summed E-state index contributed by atoms with van der Waals surface area (Å²) in [5.41, 5.74) is 8.62. The Morgan fingerprint density at radius 1 is 1.15 bits per heavy atom. The predicted molar refractivity (Wildman–Crippen MR) is 38.6 cm³/mol. The van der Waals surface area contributed by atoms with E-state index < -0.39 is 23.8 Å². The van der Waals surface area contributed by atoms with Crippen molar-refractivity contribution in [1.82, 2.24) is 5.32 Å². The molecule has 0 spiro atoms. The highest BCUT2D eigenvalue weighted by Gasteiger charge is 2.12. The molecule has 0 aromatic rings. The van der Waals surface area contributed by atoms with Crippen LogP contribution < -0.4 is 16.8 Å². The van der Waals surface area contributed by atoms with E-state index in [0.717, 1.165) is 0 Å². The smallest absolute Gasteiger partial charge is 0.351 e. The molecule has 5 N–H and O–H groups in total. The molecule has 3 amide bonds. The first-order valence-electron chi connectivity index (χ1n) is 2.87. The first-order valence-corrected chi connectivity index (χ1v) is 2.87. The molecule has 0 bridgehead atoms. The molecular formula is C5H7N3O5. The lowest BCUT2D eigenvalue weighted by Crippen LogP contribution is -2.32. The highest BCUT2D eigenvalue weighted by molar-refractivity contribution is 5.92. The summed E-state index contributed by atoms with van der Waals surface area (Å²) in [6, 6.07) is -0.999. The summed E-state index contributed by atoms with van der Waals surface area (Å²) in [6.07, 6.45) is -1.31. The van der Waals surface area contributed by atoms with Crippen molar-refractivity contribution in [3.8, 4) is 0 Å². The summed E-state index contributed by atoms with van der Waals surface area (Å²) >= 11 is 0. The average molecular weight is 189 g/mol. The topological polar surface area (TPSA) is 134 Å². The molecule has 8 nitrogen and oxygen atoms in total. The Kier molecular flexibility index (Phi) is 3.80. The normalized spacial score (nSPS) is 8.31. The molecule has 0 fully saturated rings. The van der Waals surface area contributed by atoms with Crippen molar-refractivity contribution >= 4 is 18.1 Å².